The van der Waals surface area contributed by atoms with Gasteiger partial charge in [0.15, 0.2) is 5.82 Å². The van der Waals surface area contributed by atoms with Gasteiger partial charge in [-0.1, -0.05) is 6.42 Å². The number of aliphatic hydroxyl groups excluding tert-OH is 1. The standard InChI is InChI=1S/C22H25FN8O/c1-13(12-32)31(11-15-7-16(23)8-19-17(15)10-25-28-19)22-24-6-5-20(27-22)26-21-9-18(29-30-21)14-3-2-4-14/h5-10,13-14,32H,2-4,11-12H2,1H3,(H,25,28)(H2,24,26,27,29,30). The minimum atomic E-state index is -0.356. The van der Waals surface area contributed by atoms with Crippen LogP contribution >= 0.6 is 0 Å². The van der Waals surface area contributed by atoms with Crippen molar-refractivity contribution in [3.63, 3.8) is 0 Å². The molecule has 1 aliphatic carbocycles. The number of nitrogens with one attached hydrogen (secondary N) is 3. The van der Waals surface area contributed by atoms with Gasteiger partial charge in [0, 0.05) is 35.8 Å². The van der Waals surface area contributed by atoms with Gasteiger partial charge < -0.3 is 15.3 Å². The molecule has 1 unspecified atom stereocenters. The van der Waals surface area contributed by atoms with E-state index in [9.17, 15) is 9.50 Å². The lowest BCUT2D eigenvalue weighted by Gasteiger charge is -2.28. The van der Waals surface area contributed by atoms with E-state index in [1.807, 2.05) is 17.9 Å². The number of halogens is 1. The lowest BCUT2D eigenvalue weighted by molar-refractivity contribution is 0.265. The van der Waals surface area contributed by atoms with Crippen LogP contribution in [0.3, 0.4) is 0 Å². The third-order valence-electron chi connectivity index (χ3n) is 6.04. The molecule has 166 valence electrons. The zero-order chi connectivity index (χ0) is 22.1. The number of fused-ring (bicyclic) bond motifs is 1. The first-order valence-corrected chi connectivity index (χ1v) is 10.7. The molecular formula is C22H25FN8O. The van der Waals surface area contributed by atoms with Crippen LogP contribution in [-0.4, -0.2) is 48.1 Å². The molecule has 3 heterocycles. The van der Waals surface area contributed by atoms with Crippen molar-refractivity contribution < 1.29 is 9.50 Å². The number of anilines is 3. The molecule has 4 N–H and O–H groups in total. The van der Waals surface area contributed by atoms with Crippen LogP contribution in [0, 0.1) is 5.82 Å². The van der Waals surface area contributed by atoms with Crippen molar-refractivity contribution in [2.24, 2.45) is 0 Å². The fourth-order valence-corrected chi connectivity index (χ4v) is 3.94. The van der Waals surface area contributed by atoms with Gasteiger partial charge in [-0.3, -0.25) is 10.2 Å². The molecule has 1 aliphatic rings. The van der Waals surface area contributed by atoms with E-state index in [0.717, 1.165) is 16.6 Å². The van der Waals surface area contributed by atoms with Crippen LogP contribution in [0.25, 0.3) is 10.9 Å². The molecule has 1 saturated carbocycles. The average molecular weight is 436 g/mol. The summed E-state index contributed by atoms with van der Waals surface area (Å²) in [7, 11) is 0. The highest BCUT2D eigenvalue weighted by molar-refractivity contribution is 5.82. The maximum atomic E-state index is 14.1. The Bertz CT molecular complexity index is 1220. The molecule has 0 amide bonds. The second-order valence-corrected chi connectivity index (χ2v) is 8.26. The fraction of sp³-hybridized carbons (Fsp3) is 0.364. The van der Waals surface area contributed by atoms with Gasteiger partial charge in [-0.15, -0.1) is 0 Å². The van der Waals surface area contributed by atoms with E-state index < -0.39 is 0 Å². The van der Waals surface area contributed by atoms with Gasteiger partial charge >= 0.3 is 0 Å². The Balaban J connectivity index is 1.41. The van der Waals surface area contributed by atoms with Crippen molar-refractivity contribution in [2.75, 3.05) is 16.8 Å². The minimum Gasteiger partial charge on any atom is -0.394 e. The second kappa shape index (κ2) is 8.54. The number of nitrogens with zero attached hydrogens (tertiary/aromatic N) is 5. The Morgan fingerprint density at radius 1 is 1.25 bits per heavy atom. The van der Waals surface area contributed by atoms with Gasteiger partial charge in [0.1, 0.15) is 11.6 Å². The number of aromatic nitrogens is 6. The lowest BCUT2D eigenvalue weighted by atomic mass is 9.83. The summed E-state index contributed by atoms with van der Waals surface area (Å²) < 4.78 is 14.1. The van der Waals surface area contributed by atoms with E-state index in [4.69, 9.17) is 0 Å². The van der Waals surface area contributed by atoms with E-state index in [1.54, 1.807) is 18.5 Å². The monoisotopic (exact) mass is 436 g/mol. The van der Waals surface area contributed by atoms with E-state index in [0.29, 0.717) is 35.6 Å². The molecule has 9 nitrogen and oxygen atoms in total. The third-order valence-corrected chi connectivity index (χ3v) is 6.04. The third kappa shape index (κ3) is 4.01. The minimum absolute atomic E-state index is 0.102. The van der Waals surface area contributed by atoms with Gasteiger partial charge in [0.2, 0.25) is 5.95 Å². The maximum Gasteiger partial charge on any atom is 0.227 e. The number of hydrogen-bond donors (Lipinski definition) is 4. The summed E-state index contributed by atoms with van der Waals surface area (Å²) in [5.74, 6) is 1.91. The predicted octanol–water partition coefficient (Wildman–Crippen LogP) is 3.61. The Morgan fingerprint density at radius 3 is 2.91 bits per heavy atom. The summed E-state index contributed by atoms with van der Waals surface area (Å²) >= 11 is 0. The molecule has 1 fully saturated rings. The van der Waals surface area contributed by atoms with Crippen molar-refractivity contribution in [1.29, 1.82) is 0 Å². The molecule has 5 rings (SSSR count). The van der Waals surface area contributed by atoms with Crippen molar-refractivity contribution >= 4 is 28.5 Å². The molecule has 0 spiro atoms. The Hall–Kier alpha value is -3.53. The van der Waals surface area contributed by atoms with Crippen LogP contribution in [0.5, 0.6) is 0 Å². The summed E-state index contributed by atoms with van der Waals surface area (Å²) in [6, 6.07) is 6.38. The normalized spacial score (nSPS) is 15.0. The van der Waals surface area contributed by atoms with Crippen molar-refractivity contribution in [3.05, 3.63) is 53.7 Å². The number of aliphatic hydroxyl groups is 1. The molecule has 1 atom stereocenters. The van der Waals surface area contributed by atoms with E-state index in [-0.39, 0.29) is 18.5 Å². The SMILES string of the molecule is CC(CO)N(Cc1cc(F)cc2[nH]ncc12)c1nccc(Nc2cc(C3CCC3)[nH]n2)n1. The first-order chi connectivity index (χ1) is 15.6. The van der Waals surface area contributed by atoms with Crippen molar-refractivity contribution in [3.8, 4) is 0 Å². The fourth-order valence-electron chi connectivity index (χ4n) is 3.94. The summed E-state index contributed by atoms with van der Waals surface area (Å²) in [5.41, 5.74) is 2.49. The number of rotatable bonds is 8. The Kier molecular flexibility index (Phi) is 5.44. The number of H-pyrrole nitrogens is 2. The van der Waals surface area contributed by atoms with E-state index in [2.05, 4.69) is 35.7 Å². The zero-order valence-electron chi connectivity index (χ0n) is 17.7. The number of aromatic amines is 2. The molecular weight excluding hydrogens is 411 g/mol. The van der Waals surface area contributed by atoms with Gasteiger partial charge in [0.05, 0.1) is 24.4 Å². The quantitative estimate of drug-likeness (QED) is 0.333. The van der Waals surface area contributed by atoms with Crippen LogP contribution < -0.4 is 10.2 Å². The molecule has 0 bridgehead atoms. The summed E-state index contributed by atoms with van der Waals surface area (Å²) in [6.45, 7) is 2.08. The summed E-state index contributed by atoms with van der Waals surface area (Å²) in [6.07, 6.45) is 6.97. The number of benzene rings is 1. The van der Waals surface area contributed by atoms with Gasteiger partial charge in [-0.25, -0.2) is 9.37 Å². The maximum absolute atomic E-state index is 14.1. The molecule has 0 saturated heterocycles. The predicted molar refractivity (Wildman–Crippen MR) is 119 cm³/mol. The van der Waals surface area contributed by atoms with Gasteiger partial charge in [-0.05, 0) is 43.5 Å². The molecule has 32 heavy (non-hydrogen) atoms. The molecule has 0 radical (unpaired) electrons. The largest absolute Gasteiger partial charge is 0.394 e. The lowest BCUT2D eigenvalue weighted by Crippen LogP contribution is -2.36. The Labute approximate surface area is 184 Å². The highest BCUT2D eigenvalue weighted by Gasteiger charge is 2.22. The molecule has 0 aliphatic heterocycles. The van der Waals surface area contributed by atoms with Crippen molar-refractivity contribution in [1.82, 2.24) is 30.4 Å². The topological polar surface area (TPSA) is 119 Å². The molecule has 4 aromatic rings. The first kappa shape index (κ1) is 20.4. The first-order valence-electron chi connectivity index (χ1n) is 10.7. The van der Waals surface area contributed by atoms with Gasteiger partial charge in [0.25, 0.3) is 0 Å². The van der Waals surface area contributed by atoms with Gasteiger partial charge in [-0.2, -0.15) is 15.2 Å². The highest BCUT2D eigenvalue weighted by atomic mass is 19.1. The van der Waals surface area contributed by atoms with Crippen LogP contribution in [-0.2, 0) is 6.54 Å². The smallest absolute Gasteiger partial charge is 0.227 e. The summed E-state index contributed by atoms with van der Waals surface area (Å²) in [5, 5.41) is 28.1. The van der Waals surface area contributed by atoms with E-state index >= 15 is 0 Å². The molecule has 10 heteroatoms. The molecule has 1 aromatic carbocycles. The zero-order valence-corrected chi connectivity index (χ0v) is 17.7. The van der Waals surface area contributed by atoms with Crippen LogP contribution in [0.1, 0.15) is 43.4 Å². The van der Waals surface area contributed by atoms with Crippen LogP contribution in [0.4, 0.5) is 22.0 Å². The highest BCUT2D eigenvalue weighted by Crippen LogP contribution is 2.36. The van der Waals surface area contributed by atoms with Crippen molar-refractivity contribution in [2.45, 2.75) is 44.7 Å². The average Bonchev–Trinajstić information content (AvgIpc) is 3.40. The number of hydrogen-bond acceptors (Lipinski definition) is 7. The second-order valence-electron chi connectivity index (χ2n) is 8.26. The Morgan fingerprint density at radius 2 is 2.12 bits per heavy atom. The van der Waals surface area contributed by atoms with E-state index in [1.165, 1.54) is 31.4 Å². The van der Waals surface area contributed by atoms with Crippen LogP contribution in [0.15, 0.2) is 36.7 Å². The summed E-state index contributed by atoms with van der Waals surface area (Å²) in [4.78, 5) is 10.9. The van der Waals surface area contributed by atoms with Crippen LogP contribution in [0.2, 0.25) is 0 Å². The molecule has 3 aromatic heterocycles.